The Labute approximate surface area is 336 Å². The molecule has 2 saturated heterocycles. The zero-order valence-corrected chi connectivity index (χ0v) is 34.4. The van der Waals surface area contributed by atoms with Crippen molar-refractivity contribution in [2.75, 3.05) is 19.8 Å². The van der Waals surface area contributed by atoms with Gasteiger partial charge in [-0.2, -0.15) is 0 Å². The number of hydrogen-bond donors (Lipinski definition) is 9. The van der Waals surface area contributed by atoms with Gasteiger partial charge >= 0.3 is 0 Å². The van der Waals surface area contributed by atoms with Gasteiger partial charge in [0.05, 0.1) is 32.0 Å². The van der Waals surface area contributed by atoms with Crippen LogP contribution in [-0.4, -0.2) is 140 Å². The number of nitrogens with one attached hydrogen (secondary N) is 1. The predicted octanol–water partition coefficient (Wildman–Crippen LogP) is 3.65. The number of amides is 1. The Morgan fingerprint density at radius 1 is 0.625 bits per heavy atom. The molecule has 2 aliphatic heterocycles. The second-order valence-corrected chi connectivity index (χ2v) is 15.8. The molecule has 0 bridgehead atoms. The highest BCUT2D eigenvalue weighted by Crippen LogP contribution is 2.30. The van der Waals surface area contributed by atoms with Crippen molar-refractivity contribution in [1.82, 2.24) is 5.32 Å². The minimum absolute atomic E-state index is 0.245. The molecule has 14 heteroatoms. The van der Waals surface area contributed by atoms with Crippen LogP contribution >= 0.6 is 0 Å². The second-order valence-electron chi connectivity index (χ2n) is 15.8. The van der Waals surface area contributed by atoms with Crippen molar-refractivity contribution in [1.29, 1.82) is 0 Å². The number of unbranched alkanes of at least 4 members (excludes halogenated alkanes) is 19. The van der Waals surface area contributed by atoms with E-state index < -0.39 is 86.8 Å². The summed E-state index contributed by atoms with van der Waals surface area (Å²) in [7, 11) is 0. The van der Waals surface area contributed by atoms with E-state index in [-0.39, 0.29) is 18.9 Å². The van der Waals surface area contributed by atoms with E-state index in [1.807, 2.05) is 6.08 Å². The fourth-order valence-electron chi connectivity index (χ4n) is 7.29. The van der Waals surface area contributed by atoms with Crippen molar-refractivity contribution < 1.29 is 64.6 Å². The summed E-state index contributed by atoms with van der Waals surface area (Å²) in [5.41, 5.74) is 0. The first-order valence-corrected chi connectivity index (χ1v) is 21.9. The summed E-state index contributed by atoms with van der Waals surface area (Å²) >= 11 is 0. The van der Waals surface area contributed by atoms with E-state index in [9.17, 15) is 45.6 Å². The fourth-order valence-corrected chi connectivity index (χ4v) is 7.29. The first kappa shape index (κ1) is 50.9. The summed E-state index contributed by atoms with van der Waals surface area (Å²) in [6.45, 7) is 2.72. The Morgan fingerprint density at radius 3 is 1.64 bits per heavy atom. The average Bonchev–Trinajstić information content (AvgIpc) is 3.19. The summed E-state index contributed by atoms with van der Waals surface area (Å²) in [5.74, 6) is -0.245. The van der Waals surface area contributed by atoms with E-state index in [4.69, 9.17) is 18.9 Å². The molecule has 2 rings (SSSR count). The molecule has 0 aromatic heterocycles. The van der Waals surface area contributed by atoms with Crippen molar-refractivity contribution in [3.63, 3.8) is 0 Å². The van der Waals surface area contributed by atoms with Crippen LogP contribution in [0.5, 0.6) is 0 Å². The maximum absolute atomic E-state index is 13.0. The Hall–Kier alpha value is -1.27. The van der Waals surface area contributed by atoms with Gasteiger partial charge in [0.25, 0.3) is 0 Å². The first-order chi connectivity index (χ1) is 27.1. The molecule has 9 N–H and O–H groups in total. The number of carbonyl (C=O) groups excluding carboxylic acids is 1. The Morgan fingerprint density at radius 2 is 1.11 bits per heavy atom. The van der Waals surface area contributed by atoms with Crippen molar-refractivity contribution in [3.05, 3.63) is 12.2 Å². The quantitative estimate of drug-likeness (QED) is 0.0350. The molecule has 0 spiro atoms. The van der Waals surface area contributed by atoms with Gasteiger partial charge in [-0.05, 0) is 19.3 Å². The van der Waals surface area contributed by atoms with Crippen LogP contribution < -0.4 is 5.32 Å². The van der Waals surface area contributed by atoms with Crippen LogP contribution in [0.4, 0.5) is 0 Å². The van der Waals surface area contributed by atoms with Gasteiger partial charge in [-0.1, -0.05) is 142 Å². The van der Waals surface area contributed by atoms with E-state index in [1.165, 1.54) is 89.9 Å². The lowest BCUT2D eigenvalue weighted by atomic mass is 9.97. The Bertz CT molecular complexity index is 1000. The van der Waals surface area contributed by atoms with Crippen molar-refractivity contribution in [3.8, 4) is 0 Å². The third kappa shape index (κ3) is 19.2. The van der Waals surface area contributed by atoms with Crippen molar-refractivity contribution >= 4 is 5.91 Å². The van der Waals surface area contributed by atoms with Gasteiger partial charge in [0.15, 0.2) is 12.6 Å². The summed E-state index contributed by atoms with van der Waals surface area (Å²) in [4.78, 5) is 13.0. The van der Waals surface area contributed by atoms with Crippen LogP contribution in [0.15, 0.2) is 12.2 Å². The molecule has 0 aromatic carbocycles. The minimum Gasteiger partial charge on any atom is -0.394 e. The highest BCUT2D eigenvalue weighted by molar-refractivity contribution is 5.76. The Balaban J connectivity index is 1.93. The smallest absolute Gasteiger partial charge is 0.220 e. The molecule has 0 aromatic rings. The molecule has 0 saturated carbocycles. The van der Waals surface area contributed by atoms with Crippen molar-refractivity contribution in [2.24, 2.45) is 0 Å². The van der Waals surface area contributed by atoms with Crippen LogP contribution in [0.25, 0.3) is 0 Å². The topological polar surface area (TPSA) is 228 Å². The molecule has 2 heterocycles. The molecule has 56 heavy (non-hydrogen) atoms. The van der Waals surface area contributed by atoms with Crippen LogP contribution in [0, 0.1) is 0 Å². The van der Waals surface area contributed by atoms with E-state index in [0.717, 1.165) is 38.5 Å². The highest BCUT2D eigenvalue weighted by atomic mass is 16.7. The minimum atomic E-state index is -1.78. The predicted molar refractivity (Wildman–Crippen MR) is 212 cm³/mol. The summed E-state index contributed by atoms with van der Waals surface area (Å²) in [6, 6.07) is -0.904. The van der Waals surface area contributed by atoms with Gasteiger partial charge in [-0.25, -0.2) is 0 Å². The lowest BCUT2D eigenvalue weighted by molar-refractivity contribution is -0.359. The molecule has 330 valence electrons. The molecular weight excluding hydrogens is 726 g/mol. The van der Waals surface area contributed by atoms with E-state index in [2.05, 4.69) is 19.2 Å². The molecule has 1 amide bonds. The van der Waals surface area contributed by atoms with E-state index in [0.29, 0.717) is 6.42 Å². The van der Waals surface area contributed by atoms with Gasteiger partial charge < -0.3 is 65.1 Å². The average molecular weight is 806 g/mol. The van der Waals surface area contributed by atoms with Crippen LogP contribution in [0.2, 0.25) is 0 Å². The van der Waals surface area contributed by atoms with Crippen LogP contribution in [-0.2, 0) is 23.7 Å². The largest absolute Gasteiger partial charge is 0.394 e. The lowest BCUT2D eigenvalue weighted by Gasteiger charge is -2.46. The lowest BCUT2D eigenvalue weighted by Crippen LogP contribution is -2.65. The fraction of sp³-hybridized carbons (Fsp3) is 0.929. The number of rotatable bonds is 32. The zero-order valence-electron chi connectivity index (χ0n) is 34.4. The highest BCUT2D eigenvalue weighted by Gasteiger charge is 2.50. The van der Waals surface area contributed by atoms with Gasteiger partial charge in [-0.3, -0.25) is 4.79 Å². The first-order valence-electron chi connectivity index (χ1n) is 21.9. The van der Waals surface area contributed by atoms with E-state index in [1.54, 1.807) is 6.08 Å². The van der Waals surface area contributed by atoms with E-state index >= 15 is 0 Å². The normalized spacial score (nSPS) is 29.5. The molecule has 4 unspecified atom stereocenters. The summed E-state index contributed by atoms with van der Waals surface area (Å²) in [5, 5.41) is 86.2. The summed E-state index contributed by atoms with van der Waals surface area (Å²) < 4.78 is 22.6. The molecule has 14 nitrogen and oxygen atoms in total. The van der Waals surface area contributed by atoms with Crippen molar-refractivity contribution in [2.45, 2.75) is 229 Å². The SMILES string of the molecule is CCCCCCCCCCCCC/C=C/[C@@H](O)[C@H](CO[C@@H]1OC(CO)[C@@H](O[C@@H]2OC(CO)[C@H](O)[C@H](O)C2O)[C@H](O)C1O)NC(=O)CCCCCCCCCCC. The van der Waals surface area contributed by atoms with Gasteiger partial charge in [0, 0.05) is 6.42 Å². The molecule has 0 aliphatic carbocycles. The molecular formula is C42H79NO13. The molecule has 0 radical (unpaired) electrons. The number of aliphatic hydroxyl groups excluding tert-OH is 8. The van der Waals surface area contributed by atoms with Gasteiger partial charge in [-0.15, -0.1) is 0 Å². The summed E-state index contributed by atoms with van der Waals surface area (Å²) in [6.07, 6.45) is 11.3. The van der Waals surface area contributed by atoms with Crippen LogP contribution in [0.1, 0.15) is 155 Å². The Kier molecular flexibility index (Phi) is 27.9. The maximum Gasteiger partial charge on any atom is 0.220 e. The number of hydrogen-bond acceptors (Lipinski definition) is 13. The van der Waals surface area contributed by atoms with Gasteiger partial charge in [0.2, 0.25) is 5.91 Å². The zero-order chi connectivity index (χ0) is 41.1. The number of carbonyl (C=O) groups is 1. The van der Waals surface area contributed by atoms with Gasteiger partial charge in [0.1, 0.15) is 48.8 Å². The molecule has 2 aliphatic rings. The third-order valence-corrected chi connectivity index (χ3v) is 11.0. The third-order valence-electron chi connectivity index (χ3n) is 11.0. The molecule has 12 atom stereocenters. The second kappa shape index (κ2) is 30.7. The molecule has 2 fully saturated rings. The number of aliphatic hydroxyl groups is 8. The maximum atomic E-state index is 13.0. The number of allylic oxidation sites excluding steroid dienone is 1. The standard InChI is InChI=1S/C42H79NO13/c1-3-5-7-9-11-13-14-15-16-18-19-21-23-25-31(46)30(43-34(47)26-24-22-20-17-12-10-8-6-4-2)29-53-41-39(52)37(50)40(33(28-45)55-41)56-42-38(51)36(49)35(48)32(27-44)54-42/h23,25,30-33,35-42,44-46,48-52H,3-22,24,26-29H2,1-2H3,(H,43,47)/b25-23+/t30-,31+,32?,33?,35-,36-,37+,38?,39?,40+,41+,42-/m0/s1. The van der Waals surface area contributed by atoms with Crippen LogP contribution in [0.3, 0.4) is 0 Å². The monoisotopic (exact) mass is 806 g/mol. The number of ether oxygens (including phenoxy) is 4.